The van der Waals surface area contributed by atoms with E-state index >= 15 is 0 Å². The molecule has 1 amide bonds. The number of thiophene rings is 1. The lowest BCUT2D eigenvalue weighted by Crippen LogP contribution is -2.43. The molecule has 1 aliphatic carbocycles. The molecule has 1 saturated carbocycles. The summed E-state index contributed by atoms with van der Waals surface area (Å²) in [7, 11) is 5.65. The monoisotopic (exact) mass is 528 g/mol. The SMILES string of the molecule is CCN(c1sc2c(c1C)C(=O)N(Cc1c(C)cc(C)nc1OC)CC2)C1CCC(N(C)CCOC)CC1. The maximum atomic E-state index is 13.8. The van der Waals surface area contributed by atoms with E-state index < -0.39 is 0 Å². The van der Waals surface area contributed by atoms with Gasteiger partial charge in [-0.05, 0) is 77.6 Å². The summed E-state index contributed by atoms with van der Waals surface area (Å²) in [4.78, 5) is 26.6. The predicted octanol–water partition coefficient (Wildman–Crippen LogP) is 4.99. The van der Waals surface area contributed by atoms with Crippen LogP contribution in [0.4, 0.5) is 5.00 Å². The molecule has 0 aromatic carbocycles. The van der Waals surface area contributed by atoms with Crippen molar-refractivity contribution in [2.75, 3.05) is 52.4 Å². The second-order valence-electron chi connectivity index (χ2n) is 10.6. The average molecular weight is 529 g/mol. The normalized spacial score (nSPS) is 19.9. The van der Waals surface area contributed by atoms with Crippen LogP contribution in [0, 0.1) is 20.8 Å². The van der Waals surface area contributed by atoms with Gasteiger partial charge in [-0.2, -0.15) is 0 Å². The van der Waals surface area contributed by atoms with Crippen LogP contribution in [-0.4, -0.2) is 80.3 Å². The zero-order valence-corrected chi connectivity index (χ0v) is 24.5. The van der Waals surface area contributed by atoms with Gasteiger partial charge in [0.1, 0.15) is 0 Å². The lowest BCUT2D eigenvalue weighted by atomic mass is 9.89. The van der Waals surface area contributed by atoms with Gasteiger partial charge in [0.25, 0.3) is 5.91 Å². The molecule has 1 fully saturated rings. The molecule has 0 spiro atoms. The number of nitrogens with zero attached hydrogens (tertiary/aromatic N) is 4. The maximum Gasteiger partial charge on any atom is 0.255 e. The molecular formula is C29H44N4O3S. The second kappa shape index (κ2) is 12.1. The van der Waals surface area contributed by atoms with Crippen molar-refractivity contribution in [2.45, 2.75) is 78.4 Å². The lowest BCUT2D eigenvalue weighted by molar-refractivity contribution is 0.0726. The van der Waals surface area contributed by atoms with E-state index in [2.05, 4.69) is 48.7 Å². The molecule has 1 aliphatic heterocycles. The number of rotatable bonds is 10. The molecule has 204 valence electrons. The number of fused-ring (bicyclic) bond motifs is 1. The number of pyridine rings is 1. The molecule has 8 heteroatoms. The molecule has 0 bridgehead atoms. The summed E-state index contributed by atoms with van der Waals surface area (Å²) in [5.41, 5.74) is 5.13. The molecule has 0 saturated heterocycles. The van der Waals surface area contributed by atoms with Gasteiger partial charge in [0.15, 0.2) is 0 Å². The van der Waals surface area contributed by atoms with Crippen molar-refractivity contribution < 1.29 is 14.3 Å². The van der Waals surface area contributed by atoms with Crippen LogP contribution in [-0.2, 0) is 17.7 Å². The zero-order chi connectivity index (χ0) is 26.7. The first-order valence-electron chi connectivity index (χ1n) is 13.7. The highest BCUT2D eigenvalue weighted by Gasteiger charge is 2.34. The number of methoxy groups -OCH3 is 2. The largest absolute Gasteiger partial charge is 0.481 e. The van der Waals surface area contributed by atoms with Gasteiger partial charge in [0, 0.05) is 61.4 Å². The highest BCUT2D eigenvalue weighted by molar-refractivity contribution is 7.16. The molecule has 4 rings (SSSR count). The van der Waals surface area contributed by atoms with E-state index in [4.69, 9.17) is 9.47 Å². The Labute approximate surface area is 226 Å². The Morgan fingerprint density at radius 3 is 2.49 bits per heavy atom. The lowest BCUT2D eigenvalue weighted by Gasteiger charge is -2.40. The molecule has 0 unspecified atom stereocenters. The Kier molecular flexibility index (Phi) is 9.14. The fraction of sp³-hybridized carbons (Fsp3) is 0.655. The van der Waals surface area contributed by atoms with Crippen LogP contribution < -0.4 is 9.64 Å². The number of carbonyl (C=O) groups is 1. The molecule has 2 aromatic rings. The van der Waals surface area contributed by atoms with Crippen molar-refractivity contribution in [3.8, 4) is 5.88 Å². The summed E-state index contributed by atoms with van der Waals surface area (Å²) in [5.74, 6) is 0.766. The minimum atomic E-state index is 0.141. The summed E-state index contributed by atoms with van der Waals surface area (Å²) < 4.78 is 10.8. The summed E-state index contributed by atoms with van der Waals surface area (Å²) in [6, 6.07) is 3.23. The van der Waals surface area contributed by atoms with Crippen LogP contribution in [0.15, 0.2) is 6.07 Å². The van der Waals surface area contributed by atoms with E-state index in [-0.39, 0.29) is 5.91 Å². The third kappa shape index (κ3) is 5.81. The predicted molar refractivity (Wildman–Crippen MR) is 151 cm³/mol. The van der Waals surface area contributed by atoms with Gasteiger partial charge < -0.3 is 24.2 Å². The van der Waals surface area contributed by atoms with Crippen molar-refractivity contribution in [3.63, 3.8) is 0 Å². The topological polar surface area (TPSA) is 58.1 Å². The third-order valence-corrected chi connectivity index (χ3v) is 9.65. The van der Waals surface area contributed by atoms with Crippen LogP contribution in [0.3, 0.4) is 0 Å². The Bertz CT molecular complexity index is 1090. The first-order valence-corrected chi connectivity index (χ1v) is 14.5. The number of aromatic nitrogens is 1. The standard InChI is InChI=1S/C29H44N4O3S/c1-8-33(23-11-9-22(10-12-23)31(5)15-16-35-6)29-21(4)26-25(37-29)13-14-32(28(26)34)18-24-19(2)17-20(3)30-27(24)36-7/h17,22-23H,8-16,18H2,1-7H3. The van der Waals surface area contributed by atoms with Gasteiger partial charge in [0.05, 0.1) is 30.8 Å². The molecule has 7 nitrogen and oxygen atoms in total. The summed E-state index contributed by atoms with van der Waals surface area (Å²) in [6.07, 6.45) is 5.71. The van der Waals surface area contributed by atoms with E-state index in [1.54, 1.807) is 14.2 Å². The minimum Gasteiger partial charge on any atom is -0.481 e. The van der Waals surface area contributed by atoms with Crippen LogP contribution in [0.1, 0.15) is 70.2 Å². The summed E-state index contributed by atoms with van der Waals surface area (Å²) in [6.45, 7) is 12.5. The highest BCUT2D eigenvalue weighted by atomic mass is 32.1. The van der Waals surface area contributed by atoms with Gasteiger partial charge in [-0.15, -0.1) is 11.3 Å². The molecular weight excluding hydrogens is 484 g/mol. The quantitative estimate of drug-likeness (QED) is 0.433. The van der Waals surface area contributed by atoms with Gasteiger partial charge in [-0.1, -0.05) is 0 Å². The molecule has 37 heavy (non-hydrogen) atoms. The van der Waals surface area contributed by atoms with Gasteiger partial charge in [-0.3, -0.25) is 4.79 Å². The van der Waals surface area contributed by atoms with Crippen molar-refractivity contribution in [1.82, 2.24) is 14.8 Å². The molecule has 0 atom stereocenters. The van der Waals surface area contributed by atoms with E-state index in [0.29, 0.717) is 24.5 Å². The Morgan fingerprint density at radius 2 is 1.84 bits per heavy atom. The van der Waals surface area contributed by atoms with Crippen molar-refractivity contribution in [2.24, 2.45) is 0 Å². The van der Waals surface area contributed by atoms with Crippen LogP contribution in [0.2, 0.25) is 0 Å². The van der Waals surface area contributed by atoms with E-state index in [1.165, 1.54) is 35.6 Å². The average Bonchev–Trinajstić information content (AvgIpc) is 3.22. The Morgan fingerprint density at radius 1 is 1.14 bits per heavy atom. The molecule has 3 heterocycles. The number of aryl methyl sites for hydroxylation is 2. The fourth-order valence-corrected chi connectivity index (χ4v) is 7.53. The van der Waals surface area contributed by atoms with E-state index in [9.17, 15) is 4.79 Å². The van der Waals surface area contributed by atoms with Crippen molar-refractivity contribution in [1.29, 1.82) is 0 Å². The number of carbonyl (C=O) groups excluding carboxylic acids is 1. The smallest absolute Gasteiger partial charge is 0.255 e. The third-order valence-electron chi connectivity index (χ3n) is 8.26. The molecule has 0 radical (unpaired) electrons. The summed E-state index contributed by atoms with van der Waals surface area (Å²) >= 11 is 1.85. The minimum absolute atomic E-state index is 0.141. The number of hydrogen-bond acceptors (Lipinski definition) is 7. The fourth-order valence-electron chi connectivity index (χ4n) is 6.11. The first kappa shape index (κ1) is 27.9. The van der Waals surface area contributed by atoms with Crippen molar-refractivity contribution in [3.05, 3.63) is 38.9 Å². The first-order chi connectivity index (χ1) is 17.8. The van der Waals surface area contributed by atoms with Gasteiger partial charge >= 0.3 is 0 Å². The molecule has 0 N–H and O–H groups in total. The van der Waals surface area contributed by atoms with Gasteiger partial charge in [0.2, 0.25) is 5.88 Å². The van der Waals surface area contributed by atoms with Crippen LogP contribution in [0.25, 0.3) is 0 Å². The van der Waals surface area contributed by atoms with Crippen LogP contribution >= 0.6 is 11.3 Å². The maximum absolute atomic E-state index is 13.8. The number of ether oxygens (including phenoxy) is 2. The Balaban J connectivity index is 1.49. The van der Waals surface area contributed by atoms with Gasteiger partial charge in [-0.25, -0.2) is 4.98 Å². The number of anilines is 1. The number of amides is 1. The number of likely N-dealkylation sites (N-methyl/N-ethyl adjacent to an activating group) is 1. The zero-order valence-electron chi connectivity index (χ0n) is 23.7. The molecule has 2 aromatic heterocycles. The van der Waals surface area contributed by atoms with E-state index in [0.717, 1.165) is 60.6 Å². The highest BCUT2D eigenvalue weighted by Crippen LogP contribution is 2.42. The van der Waals surface area contributed by atoms with Crippen LogP contribution in [0.5, 0.6) is 5.88 Å². The molecule has 2 aliphatic rings. The number of hydrogen-bond donors (Lipinski definition) is 0. The summed E-state index contributed by atoms with van der Waals surface area (Å²) in [5, 5.41) is 1.30. The second-order valence-corrected chi connectivity index (χ2v) is 11.7. The van der Waals surface area contributed by atoms with E-state index in [1.807, 2.05) is 23.2 Å². The van der Waals surface area contributed by atoms with Crippen molar-refractivity contribution >= 4 is 22.2 Å². The Hall–Kier alpha value is -2.16.